The van der Waals surface area contributed by atoms with Crippen LogP contribution in [0, 0.1) is 0 Å². The first kappa shape index (κ1) is 12.7. The summed E-state index contributed by atoms with van der Waals surface area (Å²) in [5.41, 5.74) is 3.27. The van der Waals surface area contributed by atoms with Crippen LogP contribution in [0.3, 0.4) is 0 Å². The van der Waals surface area contributed by atoms with Crippen molar-refractivity contribution in [1.29, 1.82) is 0 Å². The van der Waals surface area contributed by atoms with Crippen molar-refractivity contribution < 1.29 is 9.90 Å². The zero-order valence-corrected chi connectivity index (χ0v) is 12.8. The summed E-state index contributed by atoms with van der Waals surface area (Å²) < 4.78 is 0.532. The first-order chi connectivity index (χ1) is 9.56. The molecule has 1 aromatic carbocycles. The first-order valence-electron chi connectivity index (χ1n) is 6.58. The lowest BCUT2D eigenvalue weighted by atomic mass is 9.96. The second kappa shape index (κ2) is 4.23. The zero-order valence-electron chi connectivity index (χ0n) is 10.5. The summed E-state index contributed by atoms with van der Waals surface area (Å²) in [5, 5.41) is 14.4. The normalized spacial score (nSPS) is 24.1. The third kappa shape index (κ3) is 1.60. The topological polar surface area (TPSA) is 65.1 Å². The smallest absolute Gasteiger partial charge is 0.337 e. The lowest BCUT2D eigenvalue weighted by Gasteiger charge is -2.22. The summed E-state index contributed by atoms with van der Waals surface area (Å²) >= 11 is 9.62. The van der Waals surface area contributed by atoms with Crippen molar-refractivity contribution in [2.75, 3.05) is 0 Å². The number of hydrogen-bond donors (Lipinski definition) is 3. The van der Waals surface area contributed by atoms with E-state index in [9.17, 15) is 9.90 Å². The van der Waals surface area contributed by atoms with Crippen LogP contribution in [0.4, 0.5) is 0 Å². The van der Waals surface area contributed by atoms with E-state index < -0.39 is 5.97 Å². The van der Waals surface area contributed by atoms with Gasteiger partial charge in [-0.3, -0.25) is 0 Å². The number of carbonyl (C=O) groups is 1. The van der Waals surface area contributed by atoms with Gasteiger partial charge in [0.2, 0.25) is 0 Å². The Morgan fingerprint density at radius 3 is 3.00 bits per heavy atom. The van der Waals surface area contributed by atoms with Crippen LogP contribution in [0.15, 0.2) is 10.5 Å². The van der Waals surface area contributed by atoms with Gasteiger partial charge in [-0.25, -0.2) is 4.79 Å². The van der Waals surface area contributed by atoms with Gasteiger partial charge < -0.3 is 15.4 Å². The average Bonchev–Trinajstić information content (AvgIpc) is 2.92. The van der Waals surface area contributed by atoms with Gasteiger partial charge in [0, 0.05) is 34.1 Å². The Bertz CT molecular complexity index is 755. The second-order valence-corrected chi connectivity index (χ2v) is 6.75. The van der Waals surface area contributed by atoms with E-state index in [-0.39, 0.29) is 6.04 Å². The number of hydrogen-bond acceptors (Lipinski definition) is 2. The minimum atomic E-state index is -0.930. The number of aromatic amines is 1. The van der Waals surface area contributed by atoms with Crippen LogP contribution in [0.5, 0.6) is 0 Å². The molecule has 2 aliphatic rings. The molecule has 4 nitrogen and oxygen atoms in total. The van der Waals surface area contributed by atoms with Gasteiger partial charge >= 0.3 is 5.97 Å². The van der Waals surface area contributed by atoms with Crippen LogP contribution in [0.1, 0.15) is 40.5 Å². The number of rotatable bonds is 1. The Balaban J connectivity index is 2.13. The number of aromatic nitrogens is 1. The highest BCUT2D eigenvalue weighted by Crippen LogP contribution is 2.44. The first-order valence-corrected chi connectivity index (χ1v) is 7.75. The molecule has 2 atom stereocenters. The van der Waals surface area contributed by atoms with E-state index in [1.165, 1.54) is 0 Å². The van der Waals surface area contributed by atoms with E-state index in [2.05, 4.69) is 26.2 Å². The minimum Gasteiger partial charge on any atom is -0.478 e. The fourth-order valence-electron chi connectivity index (χ4n) is 3.59. The zero-order chi connectivity index (χ0) is 14.0. The van der Waals surface area contributed by atoms with Crippen LogP contribution in [-0.4, -0.2) is 22.1 Å². The minimum absolute atomic E-state index is 0.237. The molecule has 6 heteroatoms. The van der Waals surface area contributed by atoms with Crippen molar-refractivity contribution in [2.24, 2.45) is 0 Å². The van der Waals surface area contributed by atoms with Gasteiger partial charge in [0.1, 0.15) is 0 Å². The molecule has 3 heterocycles. The lowest BCUT2D eigenvalue weighted by molar-refractivity contribution is 0.0698. The summed E-state index contributed by atoms with van der Waals surface area (Å²) in [6.45, 7) is 0. The van der Waals surface area contributed by atoms with E-state index in [1.807, 2.05) is 0 Å². The van der Waals surface area contributed by atoms with Crippen LogP contribution in [0.25, 0.3) is 10.9 Å². The maximum Gasteiger partial charge on any atom is 0.337 e. The lowest BCUT2D eigenvalue weighted by Crippen LogP contribution is -2.31. The predicted octanol–water partition coefficient (Wildman–Crippen LogP) is 3.63. The van der Waals surface area contributed by atoms with Crippen molar-refractivity contribution in [3.05, 3.63) is 32.4 Å². The maximum atomic E-state index is 11.6. The largest absolute Gasteiger partial charge is 0.478 e. The molecule has 2 unspecified atom stereocenters. The summed E-state index contributed by atoms with van der Waals surface area (Å²) in [6, 6.07) is 2.39. The fourth-order valence-corrected chi connectivity index (χ4v) is 4.57. The number of carboxylic acid groups (broad SMARTS) is 1. The molecule has 0 spiro atoms. The van der Waals surface area contributed by atoms with Gasteiger partial charge in [-0.15, -0.1) is 0 Å². The van der Waals surface area contributed by atoms with Gasteiger partial charge in [0.15, 0.2) is 0 Å². The predicted molar refractivity (Wildman–Crippen MR) is 80.6 cm³/mol. The van der Waals surface area contributed by atoms with Gasteiger partial charge in [0.25, 0.3) is 0 Å². The molecule has 0 amide bonds. The Hall–Kier alpha value is -1.04. The van der Waals surface area contributed by atoms with E-state index in [0.29, 0.717) is 21.1 Å². The summed E-state index contributed by atoms with van der Waals surface area (Å²) in [5.74, 6) is -0.930. The molecule has 1 saturated heterocycles. The monoisotopic (exact) mass is 354 g/mol. The Morgan fingerprint density at radius 1 is 1.45 bits per heavy atom. The van der Waals surface area contributed by atoms with Crippen molar-refractivity contribution in [2.45, 2.75) is 31.3 Å². The van der Waals surface area contributed by atoms with Crippen LogP contribution < -0.4 is 5.32 Å². The van der Waals surface area contributed by atoms with Crippen molar-refractivity contribution in [1.82, 2.24) is 10.3 Å². The molecule has 2 aliphatic heterocycles. The number of nitrogens with one attached hydrogen (secondary N) is 2. The van der Waals surface area contributed by atoms with Crippen molar-refractivity contribution >= 4 is 44.4 Å². The van der Waals surface area contributed by atoms with Gasteiger partial charge in [-0.05, 0) is 40.4 Å². The molecule has 0 radical (unpaired) electrons. The summed E-state index contributed by atoms with van der Waals surface area (Å²) in [6.07, 6.45) is 3.10. The highest BCUT2D eigenvalue weighted by molar-refractivity contribution is 9.10. The van der Waals surface area contributed by atoms with E-state index in [4.69, 9.17) is 11.6 Å². The number of fused-ring (bicyclic) bond motifs is 6. The quantitative estimate of drug-likeness (QED) is 0.732. The van der Waals surface area contributed by atoms with Crippen LogP contribution in [0.2, 0.25) is 5.02 Å². The van der Waals surface area contributed by atoms with E-state index in [1.54, 1.807) is 6.07 Å². The van der Waals surface area contributed by atoms with Crippen molar-refractivity contribution in [3.63, 3.8) is 0 Å². The Labute approximate surface area is 128 Å². The molecule has 1 aromatic heterocycles. The molecular weight excluding hydrogens is 344 g/mol. The van der Waals surface area contributed by atoms with Crippen molar-refractivity contribution in [3.8, 4) is 0 Å². The Kier molecular flexibility index (Phi) is 2.68. The van der Waals surface area contributed by atoms with Crippen LogP contribution in [-0.2, 0) is 6.42 Å². The second-order valence-electron chi connectivity index (χ2n) is 5.49. The standard InChI is InChI=1S/C14H12BrClN2O2/c15-6-4-7(16)13-12(10(6)14(19)20)11-8-2-1-5(17-8)3-9(11)18-13/h4-5,8,17-18H,1-3H2,(H,19,20). The highest BCUT2D eigenvalue weighted by atomic mass is 79.9. The molecule has 1 fully saturated rings. The van der Waals surface area contributed by atoms with Gasteiger partial charge in [-0.1, -0.05) is 11.6 Å². The number of benzene rings is 1. The summed E-state index contributed by atoms with van der Waals surface area (Å²) in [4.78, 5) is 15.0. The number of H-pyrrole nitrogens is 1. The van der Waals surface area contributed by atoms with Crippen LogP contribution >= 0.6 is 27.5 Å². The third-order valence-corrected chi connectivity index (χ3v) is 5.28. The number of carboxylic acids is 1. The Morgan fingerprint density at radius 2 is 2.25 bits per heavy atom. The highest BCUT2D eigenvalue weighted by Gasteiger charge is 2.36. The third-order valence-electron chi connectivity index (χ3n) is 4.35. The molecule has 3 N–H and O–H groups in total. The van der Waals surface area contributed by atoms with E-state index >= 15 is 0 Å². The van der Waals surface area contributed by atoms with Gasteiger partial charge in [0.05, 0.1) is 16.1 Å². The summed E-state index contributed by atoms with van der Waals surface area (Å²) in [7, 11) is 0. The maximum absolute atomic E-state index is 11.6. The molecule has 0 saturated carbocycles. The fraction of sp³-hybridized carbons (Fsp3) is 0.357. The number of aromatic carboxylic acids is 1. The SMILES string of the molecule is O=C(O)c1c(Br)cc(Cl)c2[nH]c3c(c12)C1CCC(C3)N1. The molecule has 2 bridgehead atoms. The molecule has 0 aliphatic carbocycles. The molecular formula is C14H12BrClN2O2. The number of halogens is 2. The average molecular weight is 356 g/mol. The molecule has 4 rings (SSSR count). The molecule has 20 heavy (non-hydrogen) atoms. The van der Waals surface area contributed by atoms with E-state index in [0.717, 1.165) is 41.4 Å². The molecule has 104 valence electrons. The van der Waals surface area contributed by atoms with Gasteiger partial charge in [-0.2, -0.15) is 0 Å². The molecule has 2 aromatic rings.